The predicted molar refractivity (Wildman–Crippen MR) is 110 cm³/mol. The third-order valence-corrected chi connectivity index (χ3v) is 6.53. The summed E-state index contributed by atoms with van der Waals surface area (Å²) >= 11 is 2.58. The molecular formula is C20H17FN4O3S2. The van der Waals surface area contributed by atoms with Gasteiger partial charge in [0.05, 0.1) is 11.3 Å². The summed E-state index contributed by atoms with van der Waals surface area (Å²) in [6.45, 7) is 1.73. The zero-order valence-corrected chi connectivity index (χ0v) is 17.6. The molecule has 0 bridgehead atoms. The number of aromatic nitrogens is 2. The van der Waals surface area contributed by atoms with Gasteiger partial charge in [-0.2, -0.15) is 5.26 Å². The van der Waals surface area contributed by atoms with Gasteiger partial charge in [0.15, 0.2) is 6.10 Å². The summed E-state index contributed by atoms with van der Waals surface area (Å²) in [5.74, 6) is 0.212. The van der Waals surface area contributed by atoms with Crippen molar-refractivity contribution in [2.75, 3.05) is 11.1 Å². The van der Waals surface area contributed by atoms with Crippen LogP contribution in [0.4, 0.5) is 9.39 Å². The van der Waals surface area contributed by atoms with Crippen LogP contribution in [0.25, 0.3) is 0 Å². The Bertz CT molecular complexity index is 1100. The lowest BCUT2D eigenvalue weighted by molar-refractivity contribution is -0.113. The van der Waals surface area contributed by atoms with Crippen LogP contribution in [0.1, 0.15) is 41.3 Å². The lowest BCUT2D eigenvalue weighted by Crippen LogP contribution is -2.14. The number of hydrogen-bond acceptors (Lipinski definition) is 8. The van der Waals surface area contributed by atoms with Crippen molar-refractivity contribution < 1.29 is 18.3 Å². The van der Waals surface area contributed by atoms with Gasteiger partial charge in [0.25, 0.3) is 11.1 Å². The summed E-state index contributed by atoms with van der Waals surface area (Å²) in [6, 6.07) is 7.83. The minimum atomic E-state index is -0.530. The molecule has 1 aliphatic rings. The number of thiophene rings is 1. The van der Waals surface area contributed by atoms with Crippen molar-refractivity contribution in [3.05, 3.63) is 52.0 Å². The van der Waals surface area contributed by atoms with Crippen molar-refractivity contribution >= 4 is 34.0 Å². The minimum absolute atomic E-state index is 0.0717. The van der Waals surface area contributed by atoms with Crippen molar-refractivity contribution in [2.24, 2.45) is 0 Å². The number of fused-ring (bicyclic) bond motifs is 1. The van der Waals surface area contributed by atoms with E-state index in [0.717, 1.165) is 36.6 Å². The standard InChI is InChI=1S/C20H17FN4O3S2/c1-11(27-13-7-5-12(21)6-8-13)18-24-25-20(28-18)29-10-17(26)23-19-15(9-22)14-3-2-4-16(14)30-19/h5-8,11H,2-4,10H2,1H3,(H,23,26)/t11-/m1/s1. The van der Waals surface area contributed by atoms with Crippen LogP contribution in [0.5, 0.6) is 5.75 Å². The number of carbonyl (C=O) groups is 1. The number of nitrogens with zero attached hydrogens (tertiary/aromatic N) is 3. The topological polar surface area (TPSA) is 101 Å². The van der Waals surface area contributed by atoms with Crippen molar-refractivity contribution in [3.63, 3.8) is 0 Å². The molecule has 2 heterocycles. The molecule has 1 amide bonds. The number of benzene rings is 1. The highest BCUT2D eigenvalue weighted by atomic mass is 32.2. The molecule has 7 nitrogen and oxygen atoms in total. The molecule has 2 aromatic heterocycles. The first-order valence-corrected chi connectivity index (χ1v) is 11.1. The zero-order chi connectivity index (χ0) is 21.1. The summed E-state index contributed by atoms with van der Waals surface area (Å²) in [7, 11) is 0. The van der Waals surface area contributed by atoms with E-state index in [1.165, 1.54) is 40.5 Å². The van der Waals surface area contributed by atoms with E-state index < -0.39 is 6.10 Å². The number of halogens is 1. The Morgan fingerprint density at radius 3 is 2.97 bits per heavy atom. The summed E-state index contributed by atoms with van der Waals surface area (Å²) in [4.78, 5) is 13.5. The van der Waals surface area contributed by atoms with Gasteiger partial charge in [0.2, 0.25) is 5.91 Å². The molecule has 154 valence electrons. The monoisotopic (exact) mass is 444 g/mol. The highest BCUT2D eigenvalue weighted by molar-refractivity contribution is 7.99. The molecule has 0 aliphatic heterocycles. The van der Waals surface area contributed by atoms with Gasteiger partial charge in [-0.05, 0) is 56.0 Å². The summed E-state index contributed by atoms with van der Waals surface area (Å²) in [5.41, 5.74) is 1.65. The first kappa shape index (κ1) is 20.4. The Hall–Kier alpha value is -2.90. The lowest BCUT2D eigenvalue weighted by Gasteiger charge is -2.10. The van der Waals surface area contributed by atoms with E-state index in [1.54, 1.807) is 6.92 Å². The maximum Gasteiger partial charge on any atom is 0.277 e. The number of nitriles is 1. The number of aryl methyl sites for hydroxylation is 1. The molecule has 0 spiro atoms. The van der Waals surface area contributed by atoms with E-state index in [9.17, 15) is 14.4 Å². The smallest absolute Gasteiger partial charge is 0.277 e. The third-order valence-electron chi connectivity index (χ3n) is 4.51. The molecule has 1 aliphatic carbocycles. The molecule has 1 atom stereocenters. The maximum absolute atomic E-state index is 13.0. The number of anilines is 1. The molecule has 0 saturated carbocycles. The highest BCUT2D eigenvalue weighted by Gasteiger charge is 2.23. The predicted octanol–water partition coefficient (Wildman–Crippen LogP) is 4.50. The first-order chi connectivity index (χ1) is 14.5. The number of carbonyl (C=O) groups excluding carboxylic acids is 1. The highest BCUT2D eigenvalue weighted by Crippen LogP contribution is 2.38. The molecule has 1 N–H and O–H groups in total. The maximum atomic E-state index is 13.0. The Morgan fingerprint density at radius 2 is 2.20 bits per heavy atom. The number of amides is 1. The van der Waals surface area contributed by atoms with Gasteiger partial charge in [0, 0.05) is 4.88 Å². The van der Waals surface area contributed by atoms with E-state index in [1.807, 2.05) is 0 Å². The van der Waals surface area contributed by atoms with Gasteiger partial charge in [-0.3, -0.25) is 4.79 Å². The molecule has 30 heavy (non-hydrogen) atoms. The Balaban J connectivity index is 1.31. The number of thioether (sulfide) groups is 1. The second kappa shape index (κ2) is 8.85. The fourth-order valence-corrected chi connectivity index (χ4v) is 4.94. The van der Waals surface area contributed by atoms with E-state index in [2.05, 4.69) is 21.6 Å². The largest absolute Gasteiger partial charge is 0.481 e. The molecule has 3 aromatic rings. The van der Waals surface area contributed by atoms with Crippen LogP contribution >= 0.6 is 23.1 Å². The summed E-state index contributed by atoms with van der Waals surface area (Å²) in [6.07, 6.45) is 2.38. The van der Waals surface area contributed by atoms with Crippen molar-refractivity contribution in [3.8, 4) is 11.8 Å². The number of ether oxygens (including phenoxy) is 1. The van der Waals surface area contributed by atoms with E-state index in [4.69, 9.17) is 9.15 Å². The van der Waals surface area contributed by atoms with Crippen LogP contribution in [0.15, 0.2) is 33.9 Å². The Morgan fingerprint density at radius 1 is 1.40 bits per heavy atom. The molecule has 0 radical (unpaired) electrons. The fourth-order valence-electron chi connectivity index (χ4n) is 3.11. The van der Waals surface area contributed by atoms with E-state index in [-0.39, 0.29) is 28.6 Å². The second-order valence-corrected chi connectivity index (χ2v) is 8.66. The molecule has 1 aromatic carbocycles. The molecule has 0 unspecified atom stereocenters. The van der Waals surface area contributed by atoms with Gasteiger partial charge in [-0.1, -0.05) is 11.8 Å². The molecule has 0 saturated heterocycles. The van der Waals surface area contributed by atoms with Gasteiger partial charge in [-0.25, -0.2) is 4.39 Å². The van der Waals surface area contributed by atoms with Crippen LogP contribution in [0.3, 0.4) is 0 Å². The number of nitrogens with one attached hydrogen (secondary N) is 1. The average molecular weight is 445 g/mol. The van der Waals surface area contributed by atoms with Crippen molar-refractivity contribution in [1.82, 2.24) is 10.2 Å². The Kier molecular flexibility index (Phi) is 6.01. The fraction of sp³-hybridized carbons (Fsp3) is 0.300. The van der Waals surface area contributed by atoms with Gasteiger partial charge >= 0.3 is 0 Å². The molecule has 4 rings (SSSR count). The second-order valence-electron chi connectivity index (χ2n) is 6.63. The number of hydrogen-bond donors (Lipinski definition) is 1. The van der Waals surface area contributed by atoms with Gasteiger partial charge < -0.3 is 14.5 Å². The van der Waals surface area contributed by atoms with Crippen LogP contribution in [0.2, 0.25) is 0 Å². The summed E-state index contributed by atoms with van der Waals surface area (Å²) < 4.78 is 24.2. The quantitative estimate of drug-likeness (QED) is 0.535. The SMILES string of the molecule is C[C@@H](Oc1ccc(F)cc1)c1nnc(SCC(=O)Nc2sc3c(c2C#N)CCC3)o1. The van der Waals surface area contributed by atoms with Crippen molar-refractivity contribution in [2.45, 2.75) is 37.5 Å². The molecule has 10 heteroatoms. The van der Waals surface area contributed by atoms with Crippen LogP contribution in [-0.4, -0.2) is 21.9 Å². The van der Waals surface area contributed by atoms with E-state index in [0.29, 0.717) is 16.3 Å². The van der Waals surface area contributed by atoms with Crippen LogP contribution in [0, 0.1) is 17.1 Å². The molecule has 0 fully saturated rings. The van der Waals surface area contributed by atoms with Crippen molar-refractivity contribution in [1.29, 1.82) is 5.26 Å². The average Bonchev–Trinajstić information content (AvgIpc) is 3.44. The lowest BCUT2D eigenvalue weighted by atomic mass is 10.1. The zero-order valence-electron chi connectivity index (χ0n) is 16.0. The van der Waals surface area contributed by atoms with Crippen LogP contribution < -0.4 is 10.1 Å². The number of rotatable bonds is 7. The minimum Gasteiger partial charge on any atom is -0.481 e. The first-order valence-electron chi connectivity index (χ1n) is 9.26. The molecular weight excluding hydrogens is 427 g/mol. The van der Waals surface area contributed by atoms with Crippen LogP contribution in [-0.2, 0) is 17.6 Å². The van der Waals surface area contributed by atoms with Gasteiger partial charge in [-0.15, -0.1) is 21.5 Å². The third kappa shape index (κ3) is 4.47. The van der Waals surface area contributed by atoms with Gasteiger partial charge in [0.1, 0.15) is 22.6 Å². The summed E-state index contributed by atoms with van der Waals surface area (Å²) in [5, 5.41) is 20.9. The Labute approximate surface area is 180 Å². The van der Waals surface area contributed by atoms with E-state index >= 15 is 0 Å². The normalized spacial score (nSPS) is 13.5.